The molecule has 1 aliphatic heterocycles. The van der Waals surface area contributed by atoms with Crippen LogP contribution in [0.25, 0.3) is 10.6 Å². The largest absolute Gasteiger partial charge is 0.480 e. The van der Waals surface area contributed by atoms with Crippen molar-refractivity contribution in [2.45, 2.75) is 39.3 Å². The van der Waals surface area contributed by atoms with Gasteiger partial charge in [0.1, 0.15) is 10.5 Å². The number of carboxylic acid groups (broad SMARTS) is 1. The number of hydrogen-bond acceptors (Lipinski definition) is 4. The van der Waals surface area contributed by atoms with Crippen molar-refractivity contribution in [3.05, 3.63) is 40.4 Å². The van der Waals surface area contributed by atoms with Crippen LogP contribution in [0.2, 0.25) is 0 Å². The van der Waals surface area contributed by atoms with Crippen molar-refractivity contribution < 1.29 is 9.90 Å². The van der Waals surface area contributed by atoms with E-state index in [1.54, 1.807) is 25.2 Å². The van der Waals surface area contributed by atoms with E-state index in [-0.39, 0.29) is 0 Å². The summed E-state index contributed by atoms with van der Waals surface area (Å²) in [5, 5.41) is 10.4. The monoisotopic (exact) mass is 316 g/mol. The van der Waals surface area contributed by atoms with Gasteiger partial charge in [0.15, 0.2) is 0 Å². The molecule has 116 valence electrons. The van der Waals surface area contributed by atoms with Crippen LogP contribution < -0.4 is 0 Å². The van der Waals surface area contributed by atoms with Crippen molar-refractivity contribution in [1.82, 2.24) is 9.88 Å². The summed E-state index contributed by atoms with van der Waals surface area (Å²) in [5.41, 5.74) is 2.65. The predicted octanol–water partition coefficient (Wildman–Crippen LogP) is 3.34. The molecule has 2 heterocycles. The average molecular weight is 316 g/mol. The molecule has 1 aromatic carbocycles. The summed E-state index contributed by atoms with van der Waals surface area (Å²) in [5.74, 6) is -0.778. The zero-order valence-electron chi connectivity index (χ0n) is 13.1. The standard InChI is InChI=1S/C17H20N2O2S/c1-11-5-4-6-12(9-11)15-18-13-7-8-19(10-14(13)22-15)17(2,3)16(20)21/h4-6,9H,7-8,10H2,1-3H3,(H,20,21). The third-order valence-corrected chi connectivity index (χ3v) is 5.44. The van der Waals surface area contributed by atoms with E-state index in [9.17, 15) is 9.90 Å². The van der Waals surface area contributed by atoms with Gasteiger partial charge in [0.2, 0.25) is 0 Å². The quantitative estimate of drug-likeness (QED) is 0.943. The maximum atomic E-state index is 11.4. The normalized spacial score (nSPS) is 15.6. The van der Waals surface area contributed by atoms with E-state index in [0.717, 1.165) is 29.2 Å². The molecule has 0 unspecified atom stereocenters. The van der Waals surface area contributed by atoms with Crippen LogP contribution in [0.1, 0.15) is 30.0 Å². The van der Waals surface area contributed by atoms with Gasteiger partial charge in [-0.1, -0.05) is 23.8 Å². The fraction of sp³-hybridized carbons (Fsp3) is 0.412. The number of fused-ring (bicyclic) bond motifs is 1. The van der Waals surface area contributed by atoms with Crippen LogP contribution in [0.5, 0.6) is 0 Å². The van der Waals surface area contributed by atoms with Gasteiger partial charge in [0, 0.05) is 30.0 Å². The summed E-state index contributed by atoms with van der Waals surface area (Å²) in [6.45, 7) is 7.02. The minimum Gasteiger partial charge on any atom is -0.480 e. The summed E-state index contributed by atoms with van der Waals surface area (Å²) >= 11 is 1.68. The van der Waals surface area contributed by atoms with Crippen LogP contribution in [-0.2, 0) is 17.8 Å². The number of benzene rings is 1. The van der Waals surface area contributed by atoms with Gasteiger partial charge in [-0.05, 0) is 26.8 Å². The Kier molecular flexibility index (Phi) is 3.78. The summed E-state index contributed by atoms with van der Waals surface area (Å²) in [6, 6.07) is 8.35. The fourth-order valence-corrected chi connectivity index (χ4v) is 3.83. The molecule has 1 aliphatic rings. The van der Waals surface area contributed by atoms with Crippen molar-refractivity contribution in [2.24, 2.45) is 0 Å². The molecule has 5 heteroatoms. The Balaban J connectivity index is 1.89. The van der Waals surface area contributed by atoms with Gasteiger partial charge >= 0.3 is 5.97 Å². The molecule has 0 saturated heterocycles. The number of aryl methyl sites for hydroxylation is 1. The fourth-order valence-electron chi connectivity index (χ4n) is 2.71. The molecule has 3 rings (SSSR count). The third-order valence-electron chi connectivity index (χ3n) is 4.31. The van der Waals surface area contributed by atoms with Gasteiger partial charge < -0.3 is 5.11 Å². The van der Waals surface area contributed by atoms with Crippen molar-refractivity contribution in [3.63, 3.8) is 0 Å². The molecule has 0 bridgehead atoms. The molecule has 0 amide bonds. The highest BCUT2D eigenvalue weighted by molar-refractivity contribution is 7.15. The van der Waals surface area contributed by atoms with Crippen LogP contribution in [0, 0.1) is 6.92 Å². The van der Waals surface area contributed by atoms with Gasteiger partial charge in [0.05, 0.1) is 5.69 Å². The molecule has 0 radical (unpaired) electrons. The molecule has 2 aromatic rings. The lowest BCUT2D eigenvalue weighted by Crippen LogP contribution is -2.51. The average Bonchev–Trinajstić information content (AvgIpc) is 2.90. The Bertz CT molecular complexity index is 721. The van der Waals surface area contributed by atoms with E-state index in [2.05, 4.69) is 25.1 Å². The SMILES string of the molecule is Cc1cccc(-c2nc3c(s2)CN(C(C)(C)C(=O)O)CC3)c1. The first kappa shape index (κ1) is 15.2. The van der Waals surface area contributed by atoms with E-state index < -0.39 is 11.5 Å². The first-order valence-corrected chi connectivity index (χ1v) is 8.23. The second kappa shape index (κ2) is 5.48. The second-order valence-corrected chi connectivity index (χ2v) is 7.38. The molecule has 0 aliphatic carbocycles. The number of thiazole rings is 1. The van der Waals surface area contributed by atoms with Crippen molar-refractivity contribution >= 4 is 17.3 Å². The Labute approximate surface area is 134 Å². The molecule has 4 nitrogen and oxygen atoms in total. The molecular weight excluding hydrogens is 296 g/mol. The lowest BCUT2D eigenvalue weighted by Gasteiger charge is -2.36. The molecule has 22 heavy (non-hydrogen) atoms. The molecule has 0 atom stereocenters. The van der Waals surface area contributed by atoms with Crippen LogP contribution in [0.4, 0.5) is 0 Å². The molecule has 1 N–H and O–H groups in total. The summed E-state index contributed by atoms with van der Waals surface area (Å²) < 4.78 is 0. The highest BCUT2D eigenvalue weighted by Crippen LogP contribution is 2.34. The van der Waals surface area contributed by atoms with Gasteiger partial charge in [-0.25, -0.2) is 4.98 Å². The van der Waals surface area contributed by atoms with Crippen LogP contribution in [-0.4, -0.2) is 33.0 Å². The topological polar surface area (TPSA) is 53.4 Å². The molecule has 0 saturated carbocycles. The lowest BCUT2D eigenvalue weighted by molar-refractivity contribution is -0.150. The number of hydrogen-bond donors (Lipinski definition) is 1. The van der Waals surface area contributed by atoms with E-state index in [1.807, 2.05) is 11.0 Å². The number of aromatic nitrogens is 1. The maximum Gasteiger partial charge on any atom is 0.323 e. The number of carboxylic acids is 1. The van der Waals surface area contributed by atoms with E-state index in [0.29, 0.717) is 6.54 Å². The van der Waals surface area contributed by atoms with E-state index >= 15 is 0 Å². The zero-order valence-corrected chi connectivity index (χ0v) is 13.9. The van der Waals surface area contributed by atoms with Crippen LogP contribution >= 0.6 is 11.3 Å². The maximum absolute atomic E-state index is 11.4. The number of rotatable bonds is 3. The first-order chi connectivity index (χ1) is 10.4. The van der Waals surface area contributed by atoms with Gasteiger partial charge in [-0.15, -0.1) is 11.3 Å². The molecule has 0 fully saturated rings. The Morgan fingerprint density at radius 1 is 1.41 bits per heavy atom. The van der Waals surface area contributed by atoms with Gasteiger partial charge in [-0.3, -0.25) is 9.69 Å². The highest BCUT2D eigenvalue weighted by atomic mass is 32.1. The van der Waals surface area contributed by atoms with Gasteiger partial charge in [0.25, 0.3) is 0 Å². The first-order valence-electron chi connectivity index (χ1n) is 7.42. The second-order valence-electron chi connectivity index (χ2n) is 6.29. The summed E-state index contributed by atoms with van der Waals surface area (Å²) in [6.07, 6.45) is 0.814. The Morgan fingerprint density at radius 3 is 2.86 bits per heavy atom. The predicted molar refractivity (Wildman–Crippen MR) is 88.1 cm³/mol. The molecule has 1 aromatic heterocycles. The Hall–Kier alpha value is -1.72. The number of nitrogens with zero attached hydrogens (tertiary/aromatic N) is 2. The van der Waals surface area contributed by atoms with E-state index in [4.69, 9.17) is 4.98 Å². The zero-order chi connectivity index (χ0) is 15.9. The lowest BCUT2D eigenvalue weighted by atomic mass is 10.00. The summed E-state index contributed by atoms with van der Waals surface area (Å²) in [7, 11) is 0. The van der Waals surface area contributed by atoms with E-state index in [1.165, 1.54) is 10.4 Å². The highest BCUT2D eigenvalue weighted by Gasteiger charge is 2.37. The van der Waals surface area contributed by atoms with Gasteiger partial charge in [-0.2, -0.15) is 0 Å². The minimum atomic E-state index is -0.842. The summed E-state index contributed by atoms with van der Waals surface area (Å²) in [4.78, 5) is 19.4. The Morgan fingerprint density at radius 2 is 2.18 bits per heavy atom. The minimum absolute atomic E-state index is 0.665. The molecule has 0 spiro atoms. The van der Waals surface area contributed by atoms with Crippen molar-refractivity contribution in [1.29, 1.82) is 0 Å². The van der Waals surface area contributed by atoms with Crippen molar-refractivity contribution in [2.75, 3.05) is 6.54 Å². The molecular formula is C17H20N2O2S. The van der Waals surface area contributed by atoms with Crippen LogP contribution in [0.3, 0.4) is 0 Å². The number of carbonyl (C=O) groups is 1. The third kappa shape index (κ3) is 2.66. The van der Waals surface area contributed by atoms with Crippen molar-refractivity contribution in [3.8, 4) is 10.6 Å². The van der Waals surface area contributed by atoms with Crippen LogP contribution in [0.15, 0.2) is 24.3 Å². The smallest absolute Gasteiger partial charge is 0.323 e. The number of aliphatic carboxylic acids is 1.